The van der Waals surface area contributed by atoms with Crippen LogP contribution in [0.1, 0.15) is 27.3 Å². The summed E-state index contributed by atoms with van der Waals surface area (Å²) in [4.78, 5) is 25.1. The molecule has 98 valence electrons. The Morgan fingerprint density at radius 3 is 3.11 bits per heavy atom. The summed E-state index contributed by atoms with van der Waals surface area (Å²) in [7, 11) is 0. The number of aryl methyl sites for hydroxylation is 1. The van der Waals surface area contributed by atoms with Crippen LogP contribution in [0.3, 0.4) is 0 Å². The maximum Gasteiger partial charge on any atom is 0.223 e. The monoisotopic (exact) mass is 274 g/mol. The zero-order valence-electron chi connectivity index (χ0n) is 10.5. The molecule has 0 radical (unpaired) electrons. The molecule has 0 fully saturated rings. The number of nitrogens with two attached hydrogens (primary N) is 1. The van der Waals surface area contributed by atoms with Crippen LogP contribution in [0.4, 0.5) is 5.13 Å². The Labute approximate surface area is 115 Å². The molecule has 2 rings (SSSR count). The number of nitrogens with zero attached hydrogens (tertiary/aromatic N) is 3. The molecule has 0 amide bonds. The summed E-state index contributed by atoms with van der Waals surface area (Å²) in [5.41, 5.74) is 6.69. The van der Waals surface area contributed by atoms with E-state index >= 15 is 0 Å². The number of ketones is 1. The van der Waals surface area contributed by atoms with Crippen LogP contribution in [-0.2, 0) is 0 Å². The van der Waals surface area contributed by atoms with Gasteiger partial charge in [0.05, 0.1) is 11.1 Å². The van der Waals surface area contributed by atoms with Crippen molar-refractivity contribution in [1.82, 2.24) is 9.97 Å². The number of pyridine rings is 1. The SMILES string of the molecule is Cc1cccnc1C(=O)c1cnc(N=CCCN)s1. The molecule has 2 aromatic heterocycles. The van der Waals surface area contributed by atoms with Gasteiger partial charge in [0, 0.05) is 12.4 Å². The minimum absolute atomic E-state index is 0.115. The van der Waals surface area contributed by atoms with E-state index in [0.717, 1.165) is 5.56 Å². The molecule has 0 aliphatic heterocycles. The molecular formula is C13H14N4OS. The summed E-state index contributed by atoms with van der Waals surface area (Å²) in [6.45, 7) is 2.41. The molecule has 2 heterocycles. The lowest BCUT2D eigenvalue weighted by atomic mass is 10.1. The second-order valence-corrected chi connectivity index (χ2v) is 4.90. The summed E-state index contributed by atoms with van der Waals surface area (Å²) in [5.74, 6) is -0.115. The van der Waals surface area contributed by atoms with Crippen molar-refractivity contribution in [2.45, 2.75) is 13.3 Å². The van der Waals surface area contributed by atoms with E-state index in [1.807, 2.05) is 13.0 Å². The highest BCUT2D eigenvalue weighted by atomic mass is 32.1. The Morgan fingerprint density at radius 1 is 1.53 bits per heavy atom. The smallest absolute Gasteiger partial charge is 0.223 e. The average Bonchev–Trinajstić information content (AvgIpc) is 2.88. The number of thiazole rings is 1. The van der Waals surface area contributed by atoms with Gasteiger partial charge in [0.1, 0.15) is 5.69 Å². The molecule has 0 spiro atoms. The van der Waals surface area contributed by atoms with Crippen molar-refractivity contribution >= 4 is 28.5 Å². The number of carbonyl (C=O) groups is 1. The lowest BCUT2D eigenvalue weighted by Gasteiger charge is -1.99. The van der Waals surface area contributed by atoms with Gasteiger partial charge < -0.3 is 5.73 Å². The van der Waals surface area contributed by atoms with E-state index in [1.165, 1.54) is 17.5 Å². The van der Waals surface area contributed by atoms with Gasteiger partial charge in [0.25, 0.3) is 0 Å². The number of hydrogen-bond donors (Lipinski definition) is 1. The molecule has 6 heteroatoms. The highest BCUT2D eigenvalue weighted by Gasteiger charge is 2.15. The van der Waals surface area contributed by atoms with E-state index < -0.39 is 0 Å². The molecule has 0 aromatic carbocycles. The first kappa shape index (κ1) is 13.5. The Kier molecular flexibility index (Phi) is 4.48. The second-order valence-electron chi connectivity index (χ2n) is 3.89. The van der Waals surface area contributed by atoms with Gasteiger partial charge in [-0.1, -0.05) is 17.4 Å². The summed E-state index contributed by atoms with van der Waals surface area (Å²) >= 11 is 1.26. The lowest BCUT2D eigenvalue weighted by molar-refractivity contribution is 0.103. The number of aliphatic imine (C=N–C) groups is 1. The van der Waals surface area contributed by atoms with Crippen molar-refractivity contribution < 1.29 is 4.79 Å². The summed E-state index contributed by atoms with van der Waals surface area (Å²) in [6, 6.07) is 3.67. The molecule has 2 aromatic rings. The number of aromatic nitrogens is 2. The van der Waals surface area contributed by atoms with Crippen LogP contribution in [0.5, 0.6) is 0 Å². The Balaban J connectivity index is 2.19. The molecule has 0 saturated carbocycles. The number of carbonyl (C=O) groups excluding carboxylic acids is 1. The van der Waals surface area contributed by atoms with E-state index in [9.17, 15) is 4.79 Å². The Morgan fingerprint density at radius 2 is 2.37 bits per heavy atom. The van der Waals surface area contributed by atoms with Crippen LogP contribution in [0.25, 0.3) is 0 Å². The molecule has 0 bridgehead atoms. The largest absolute Gasteiger partial charge is 0.330 e. The van der Waals surface area contributed by atoms with Crippen molar-refractivity contribution in [3.05, 3.63) is 40.7 Å². The molecule has 0 aliphatic rings. The highest BCUT2D eigenvalue weighted by Crippen LogP contribution is 2.23. The third-order valence-electron chi connectivity index (χ3n) is 2.44. The summed E-state index contributed by atoms with van der Waals surface area (Å²) in [5, 5.41) is 0.561. The van der Waals surface area contributed by atoms with Crippen LogP contribution < -0.4 is 5.73 Å². The third kappa shape index (κ3) is 3.30. The standard InChI is InChI=1S/C13H14N4OS/c1-9-4-2-6-15-11(9)12(18)10-8-17-13(19-10)16-7-3-5-14/h2,4,6-8H,3,5,14H2,1H3. The van der Waals surface area contributed by atoms with Crippen LogP contribution >= 0.6 is 11.3 Å². The maximum absolute atomic E-state index is 12.2. The summed E-state index contributed by atoms with van der Waals surface area (Å²) in [6.07, 6.45) is 5.55. The second kappa shape index (κ2) is 6.31. The predicted molar refractivity (Wildman–Crippen MR) is 76.3 cm³/mol. The first-order valence-electron chi connectivity index (χ1n) is 5.87. The van der Waals surface area contributed by atoms with E-state index in [0.29, 0.717) is 28.7 Å². The first-order valence-corrected chi connectivity index (χ1v) is 6.68. The first-order chi connectivity index (χ1) is 9.22. The van der Waals surface area contributed by atoms with Crippen LogP contribution in [-0.4, -0.2) is 28.5 Å². The van der Waals surface area contributed by atoms with Crippen molar-refractivity contribution in [2.24, 2.45) is 10.7 Å². The Hall–Kier alpha value is -1.92. The fourth-order valence-corrected chi connectivity index (χ4v) is 2.21. The van der Waals surface area contributed by atoms with Gasteiger partial charge in [-0.15, -0.1) is 0 Å². The molecule has 5 nitrogen and oxygen atoms in total. The van der Waals surface area contributed by atoms with Crippen molar-refractivity contribution in [2.75, 3.05) is 6.54 Å². The van der Waals surface area contributed by atoms with Crippen molar-refractivity contribution in [3.63, 3.8) is 0 Å². The van der Waals surface area contributed by atoms with E-state index in [2.05, 4.69) is 15.0 Å². The van der Waals surface area contributed by atoms with E-state index in [4.69, 9.17) is 5.73 Å². The van der Waals surface area contributed by atoms with Gasteiger partial charge in [0.2, 0.25) is 10.9 Å². The minimum Gasteiger partial charge on any atom is -0.330 e. The van der Waals surface area contributed by atoms with Gasteiger partial charge in [0.15, 0.2) is 0 Å². The molecule has 0 aliphatic carbocycles. The zero-order chi connectivity index (χ0) is 13.7. The molecule has 0 saturated heterocycles. The highest BCUT2D eigenvalue weighted by molar-refractivity contribution is 7.17. The fraction of sp³-hybridized carbons (Fsp3) is 0.231. The third-order valence-corrected chi connectivity index (χ3v) is 3.34. The van der Waals surface area contributed by atoms with Gasteiger partial charge in [-0.25, -0.2) is 9.98 Å². The van der Waals surface area contributed by atoms with Gasteiger partial charge >= 0.3 is 0 Å². The van der Waals surface area contributed by atoms with E-state index in [1.54, 1.807) is 18.5 Å². The Bertz CT molecular complexity index is 606. The normalized spacial score (nSPS) is 11.1. The summed E-state index contributed by atoms with van der Waals surface area (Å²) < 4.78 is 0. The van der Waals surface area contributed by atoms with Crippen LogP contribution in [0.2, 0.25) is 0 Å². The molecule has 2 N–H and O–H groups in total. The minimum atomic E-state index is -0.115. The predicted octanol–water partition coefficient (Wildman–Crippen LogP) is 2.13. The number of hydrogen-bond acceptors (Lipinski definition) is 6. The molecule has 19 heavy (non-hydrogen) atoms. The van der Waals surface area contributed by atoms with Crippen LogP contribution in [0, 0.1) is 6.92 Å². The van der Waals surface area contributed by atoms with Crippen molar-refractivity contribution in [1.29, 1.82) is 0 Å². The average molecular weight is 274 g/mol. The van der Waals surface area contributed by atoms with Gasteiger partial charge in [-0.05, 0) is 31.5 Å². The topological polar surface area (TPSA) is 81.2 Å². The van der Waals surface area contributed by atoms with Gasteiger partial charge in [-0.3, -0.25) is 9.78 Å². The van der Waals surface area contributed by atoms with Crippen LogP contribution in [0.15, 0.2) is 29.5 Å². The molecular weight excluding hydrogens is 260 g/mol. The fourth-order valence-electron chi connectivity index (χ4n) is 1.49. The molecule has 0 atom stereocenters. The maximum atomic E-state index is 12.2. The van der Waals surface area contributed by atoms with Gasteiger partial charge in [-0.2, -0.15) is 0 Å². The van der Waals surface area contributed by atoms with Crippen molar-refractivity contribution in [3.8, 4) is 0 Å². The molecule has 0 unspecified atom stereocenters. The quantitative estimate of drug-likeness (QED) is 0.669. The lowest BCUT2D eigenvalue weighted by Crippen LogP contribution is -2.04. The zero-order valence-corrected chi connectivity index (χ0v) is 11.4. The van der Waals surface area contributed by atoms with E-state index in [-0.39, 0.29) is 5.78 Å². The number of rotatable bonds is 5.